The number of hydrogen-bond acceptors (Lipinski definition) is 1. The molecule has 0 aliphatic heterocycles. The minimum absolute atomic E-state index is 0.0394. The van der Waals surface area contributed by atoms with Gasteiger partial charge < -0.3 is 5.73 Å². The van der Waals surface area contributed by atoms with E-state index >= 15 is 0 Å². The fraction of sp³-hybridized carbons (Fsp3) is 0.200. The molecule has 18 heavy (non-hydrogen) atoms. The maximum Gasteiger partial charge on any atom is 0.0438 e. The fourth-order valence-corrected chi connectivity index (χ4v) is 2.63. The van der Waals surface area contributed by atoms with Crippen LogP contribution in [0.1, 0.15) is 22.7 Å². The van der Waals surface area contributed by atoms with E-state index in [0.717, 1.165) is 27.0 Å². The second kappa shape index (κ2) is 5.87. The van der Waals surface area contributed by atoms with Crippen LogP contribution in [0, 0.1) is 6.92 Å². The molecule has 0 heterocycles. The third-order valence-electron chi connectivity index (χ3n) is 3.11. The maximum absolute atomic E-state index is 6.29. The molecule has 0 aromatic heterocycles. The molecular weight excluding hydrogens is 310 g/mol. The quantitative estimate of drug-likeness (QED) is 0.873. The zero-order valence-corrected chi connectivity index (χ0v) is 12.5. The molecule has 0 aliphatic carbocycles. The van der Waals surface area contributed by atoms with Crippen molar-refractivity contribution in [2.75, 3.05) is 0 Å². The molecule has 94 valence electrons. The smallest absolute Gasteiger partial charge is 0.0438 e. The van der Waals surface area contributed by atoms with Gasteiger partial charge in [-0.3, -0.25) is 0 Å². The van der Waals surface area contributed by atoms with E-state index in [-0.39, 0.29) is 6.04 Å². The van der Waals surface area contributed by atoms with Gasteiger partial charge >= 0.3 is 0 Å². The Morgan fingerprint density at radius 1 is 1.17 bits per heavy atom. The summed E-state index contributed by atoms with van der Waals surface area (Å²) in [5, 5.41) is 0.778. The summed E-state index contributed by atoms with van der Waals surface area (Å²) >= 11 is 9.69. The molecule has 2 aromatic rings. The highest BCUT2D eigenvalue weighted by molar-refractivity contribution is 9.10. The van der Waals surface area contributed by atoms with Crippen molar-refractivity contribution in [3.05, 3.63) is 68.7 Å². The van der Waals surface area contributed by atoms with Crippen molar-refractivity contribution in [3.8, 4) is 0 Å². The van der Waals surface area contributed by atoms with Crippen LogP contribution in [-0.2, 0) is 6.42 Å². The van der Waals surface area contributed by atoms with Gasteiger partial charge in [-0.25, -0.2) is 0 Å². The Morgan fingerprint density at radius 2 is 1.89 bits per heavy atom. The number of halogens is 2. The Morgan fingerprint density at radius 3 is 2.61 bits per heavy atom. The van der Waals surface area contributed by atoms with E-state index in [1.165, 1.54) is 5.56 Å². The van der Waals surface area contributed by atoms with Crippen LogP contribution < -0.4 is 5.73 Å². The van der Waals surface area contributed by atoms with Gasteiger partial charge in [-0.2, -0.15) is 0 Å². The maximum atomic E-state index is 6.29. The molecule has 0 aliphatic rings. The Hall–Kier alpha value is -0.830. The second-order valence-corrected chi connectivity index (χ2v) is 5.62. The first-order chi connectivity index (χ1) is 8.59. The number of rotatable bonds is 3. The molecule has 0 saturated carbocycles. The van der Waals surface area contributed by atoms with Crippen molar-refractivity contribution in [2.45, 2.75) is 19.4 Å². The summed E-state index contributed by atoms with van der Waals surface area (Å²) in [4.78, 5) is 0. The van der Waals surface area contributed by atoms with Crippen LogP contribution in [0.2, 0.25) is 5.02 Å². The number of nitrogens with two attached hydrogens (primary N) is 1. The van der Waals surface area contributed by atoms with E-state index in [9.17, 15) is 0 Å². The van der Waals surface area contributed by atoms with Crippen LogP contribution in [0.5, 0.6) is 0 Å². The highest BCUT2D eigenvalue weighted by Gasteiger charge is 2.12. The van der Waals surface area contributed by atoms with Crippen LogP contribution in [0.3, 0.4) is 0 Å². The third kappa shape index (κ3) is 2.94. The molecular formula is C15H15BrClN. The lowest BCUT2D eigenvalue weighted by molar-refractivity contribution is 0.716. The zero-order valence-electron chi connectivity index (χ0n) is 10.2. The van der Waals surface area contributed by atoms with E-state index < -0.39 is 0 Å². The molecule has 0 saturated heterocycles. The minimum Gasteiger partial charge on any atom is -0.324 e. The van der Waals surface area contributed by atoms with Crippen molar-refractivity contribution in [1.82, 2.24) is 0 Å². The summed E-state index contributed by atoms with van der Waals surface area (Å²) in [6.07, 6.45) is 0.747. The summed E-state index contributed by atoms with van der Waals surface area (Å²) in [5.41, 5.74) is 9.72. The number of benzene rings is 2. The highest BCUT2D eigenvalue weighted by atomic mass is 79.9. The molecule has 2 rings (SSSR count). The summed E-state index contributed by atoms with van der Waals surface area (Å²) in [5.74, 6) is 0. The Kier molecular flexibility index (Phi) is 4.44. The second-order valence-electron chi connectivity index (χ2n) is 4.36. The Balaban J connectivity index is 2.25. The zero-order chi connectivity index (χ0) is 13.1. The molecule has 0 fully saturated rings. The van der Waals surface area contributed by atoms with E-state index in [0.29, 0.717) is 0 Å². The van der Waals surface area contributed by atoms with Crippen molar-refractivity contribution in [3.63, 3.8) is 0 Å². The summed E-state index contributed by atoms with van der Waals surface area (Å²) in [6, 6.07) is 13.9. The molecule has 0 radical (unpaired) electrons. The monoisotopic (exact) mass is 323 g/mol. The number of hydrogen-bond donors (Lipinski definition) is 1. The van der Waals surface area contributed by atoms with Gasteiger partial charge in [0.25, 0.3) is 0 Å². The Labute approximate surface area is 121 Å². The van der Waals surface area contributed by atoms with E-state index in [1.54, 1.807) is 0 Å². The van der Waals surface area contributed by atoms with Gasteiger partial charge in [0.05, 0.1) is 0 Å². The summed E-state index contributed by atoms with van der Waals surface area (Å²) in [7, 11) is 0. The third-order valence-corrected chi connectivity index (χ3v) is 4.33. The molecule has 0 amide bonds. The van der Waals surface area contributed by atoms with Crippen LogP contribution >= 0.6 is 27.5 Å². The lowest BCUT2D eigenvalue weighted by Gasteiger charge is -2.16. The van der Waals surface area contributed by atoms with Crippen molar-refractivity contribution in [2.24, 2.45) is 5.73 Å². The minimum atomic E-state index is -0.0394. The average molecular weight is 325 g/mol. The van der Waals surface area contributed by atoms with Gasteiger partial charge in [0.1, 0.15) is 0 Å². The van der Waals surface area contributed by atoms with Gasteiger partial charge in [-0.1, -0.05) is 57.9 Å². The first-order valence-electron chi connectivity index (χ1n) is 5.83. The van der Waals surface area contributed by atoms with Crippen LogP contribution in [0.25, 0.3) is 0 Å². The van der Waals surface area contributed by atoms with E-state index in [4.69, 9.17) is 17.3 Å². The van der Waals surface area contributed by atoms with E-state index in [1.807, 2.05) is 36.4 Å². The summed E-state index contributed by atoms with van der Waals surface area (Å²) in [6.45, 7) is 2.08. The largest absolute Gasteiger partial charge is 0.324 e. The molecule has 2 N–H and O–H groups in total. The van der Waals surface area contributed by atoms with Crippen LogP contribution in [-0.4, -0.2) is 0 Å². The fourth-order valence-electron chi connectivity index (χ4n) is 2.04. The first-order valence-corrected chi connectivity index (χ1v) is 7.00. The lowest BCUT2D eigenvalue weighted by atomic mass is 9.96. The predicted octanol–water partition coefficient (Wildman–Crippen LogP) is 4.65. The van der Waals surface area contributed by atoms with Gasteiger partial charge in [0.2, 0.25) is 0 Å². The Bertz CT molecular complexity index is 554. The van der Waals surface area contributed by atoms with Crippen molar-refractivity contribution in [1.29, 1.82) is 0 Å². The van der Waals surface area contributed by atoms with Gasteiger partial charge in [-0.05, 0) is 42.2 Å². The highest BCUT2D eigenvalue weighted by Crippen LogP contribution is 2.27. The molecule has 0 bridgehead atoms. The van der Waals surface area contributed by atoms with Gasteiger partial charge in [0.15, 0.2) is 0 Å². The molecule has 2 aromatic carbocycles. The van der Waals surface area contributed by atoms with Crippen molar-refractivity contribution < 1.29 is 0 Å². The van der Waals surface area contributed by atoms with E-state index in [2.05, 4.69) is 28.9 Å². The topological polar surface area (TPSA) is 26.0 Å². The molecule has 1 unspecified atom stereocenters. The summed E-state index contributed by atoms with van der Waals surface area (Å²) < 4.78 is 1.09. The first kappa shape index (κ1) is 13.6. The molecule has 1 nitrogen and oxygen atoms in total. The molecule has 3 heteroatoms. The van der Waals surface area contributed by atoms with Gasteiger partial charge in [-0.15, -0.1) is 0 Å². The van der Waals surface area contributed by atoms with Crippen molar-refractivity contribution >= 4 is 27.5 Å². The van der Waals surface area contributed by atoms with Crippen LogP contribution in [0.4, 0.5) is 0 Å². The molecule has 0 spiro atoms. The SMILES string of the molecule is Cc1c(Br)cccc1C(N)Cc1ccccc1Cl. The standard InChI is InChI=1S/C15H15BrClN/c1-10-12(6-4-7-13(10)16)15(18)9-11-5-2-3-8-14(11)17/h2-8,15H,9,18H2,1H3. The molecule has 1 atom stereocenters. The average Bonchev–Trinajstić information content (AvgIpc) is 2.35. The normalized spacial score (nSPS) is 12.4. The lowest BCUT2D eigenvalue weighted by Crippen LogP contribution is -2.15. The predicted molar refractivity (Wildman–Crippen MR) is 81.0 cm³/mol. The van der Waals surface area contributed by atoms with Gasteiger partial charge in [0, 0.05) is 15.5 Å². The van der Waals surface area contributed by atoms with Crippen LogP contribution in [0.15, 0.2) is 46.9 Å².